The molecular weight excluding hydrogens is 283 g/mol. The molecule has 1 nitrogen and oxygen atoms in total. The normalized spacial score (nSPS) is 26.8. The van der Waals surface area contributed by atoms with Gasteiger partial charge in [0.2, 0.25) is 0 Å². The van der Waals surface area contributed by atoms with Gasteiger partial charge in [0.25, 0.3) is 0 Å². The highest BCUT2D eigenvalue weighted by atomic mass is 79.9. The first-order valence-corrected chi connectivity index (χ1v) is 7.00. The summed E-state index contributed by atoms with van der Waals surface area (Å²) in [5, 5.41) is 10.4. The molecule has 1 N–H and O–H groups in total. The minimum Gasteiger partial charge on any atom is -0.388 e. The summed E-state index contributed by atoms with van der Waals surface area (Å²) in [7, 11) is 0. The van der Waals surface area contributed by atoms with Crippen LogP contribution in [0.3, 0.4) is 0 Å². The van der Waals surface area contributed by atoms with Crippen molar-refractivity contribution >= 4 is 15.9 Å². The average Bonchev–Trinajstić information content (AvgIpc) is 2.31. The maximum absolute atomic E-state index is 13.2. The van der Waals surface area contributed by atoms with Gasteiger partial charge in [0, 0.05) is 4.47 Å². The van der Waals surface area contributed by atoms with Crippen molar-refractivity contribution in [3.05, 3.63) is 34.1 Å². The number of hydrogen-bond donors (Lipinski definition) is 1. The second-order valence-corrected chi connectivity index (χ2v) is 6.00. The lowest BCUT2D eigenvalue weighted by Gasteiger charge is -2.31. The number of halogens is 2. The van der Waals surface area contributed by atoms with Crippen LogP contribution >= 0.6 is 15.9 Å². The van der Waals surface area contributed by atoms with Gasteiger partial charge < -0.3 is 5.11 Å². The van der Waals surface area contributed by atoms with Gasteiger partial charge in [-0.3, -0.25) is 0 Å². The molecule has 1 aromatic rings. The molecule has 94 valence electrons. The molecule has 0 aromatic heterocycles. The van der Waals surface area contributed by atoms with Crippen molar-refractivity contribution in [2.75, 3.05) is 0 Å². The second kappa shape index (κ2) is 5.49. The molecule has 0 spiro atoms. The summed E-state index contributed by atoms with van der Waals surface area (Å²) >= 11 is 3.39. The first-order chi connectivity index (χ1) is 8.08. The van der Waals surface area contributed by atoms with Gasteiger partial charge in [0.1, 0.15) is 5.82 Å². The monoisotopic (exact) mass is 300 g/mol. The number of aliphatic hydroxyl groups excluding tert-OH is 1. The Labute approximate surface area is 110 Å². The van der Waals surface area contributed by atoms with E-state index in [2.05, 4.69) is 22.9 Å². The predicted octanol–water partition coefficient (Wildman–Crippen LogP) is 4.45. The minimum absolute atomic E-state index is 0.261. The second-order valence-electron chi connectivity index (χ2n) is 5.14. The van der Waals surface area contributed by atoms with E-state index in [0.29, 0.717) is 11.5 Å². The van der Waals surface area contributed by atoms with E-state index >= 15 is 0 Å². The van der Waals surface area contributed by atoms with Crippen molar-refractivity contribution in [3.8, 4) is 0 Å². The zero-order chi connectivity index (χ0) is 12.4. The molecule has 17 heavy (non-hydrogen) atoms. The maximum Gasteiger partial charge on any atom is 0.123 e. The van der Waals surface area contributed by atoms with E-state index in [9.17, 15) is 9.50 Å². The highest BCUT2D eigenvalue weighted by molar-refractivity contribution is 9.10. The fraction of sp³-hybridized carbons (Fsp3) is 0.571. The van der Waals surface area contributed by atoms with Crippen molar-refractivity contribution in [2.24, 2.45) is 11.8 Å². The van der Waals surface area contributed by atoms with Gasteiger partial charge in [-0.05, 0) is 48.4 Å². The summed E-state index contributed by atoms with van der Waals surface area (Å²) < 4.78 is 14.0. The van der Waals surface area contributed by atoms with Gasteiger partial charge in [0.05, 0.1) is 6.10 Å². The molecule has 1 saturated carbocycles. The smallest absolute Gasteiger partial charge is 0.123 e. The molecule has 0 saturated heterocycles. The molecule has 1 aliphatic rings. The average molecular weight is 301 g/mol. The highest BCUT2D eigenvalue weighted by Crippen LogP contribution is 2.39. The van der Waals surface area contributed by atoms with E-state index < -0.39 is 6.10 Å². The molecule has 0 radical (unpaired) electrons. The summed E-state index contributed by atoms with van der Waals surface area (Å²) in [6.07, 6.45) is 3.92. The third-order valence-electron chi connectivity index (χ3n) is 3.70. The van der Waals surface area contributed by atoms with E-state index in [4.69, 9.17) is 0 Å². The highest BCUT2D eigenvalue weighted by Gasteiger charge is 2.27. The van der Waals surface area contributed by atoms with Crippen molar-refractivity contribution in [2.45, 2.75) is 38.7 Å². The van der Waals surface area contributed by atoms with Gasteiger partial charge in [-0.1, -0.05) is 35.7 Å². The van der Waals surface area contributed by atoms with Crippen LogP contribution in [0.25, 0.3) is 0 Å². The minimum atomic E-state index is -0.553. The Morgan fingerprint density at radius 1 is 1.41 bits per heavy atom. The Morgan fingerprint density at radius 3 is 2.88 bits per heavy atom. The third-order valence-corrected chi connectivity index (χ3v) is 4.42. The first-order valence-electron chi connectivity index (χ1n) is 6.21. The molecule has 2 rings (SSSR count). The van der Waals surface area contributed by atoms with E-state index in [-0.39, 0.29) is 11.7 Å². The Hall–Kier alpha value is -0.410. The van der Waals surface area contributed by atoms with Crippen molar-refractivity contribution < 1.29 is 9.50 Å². The van der Waals surface area contributed by atoms with Gasteiger partial charge in [-0.15, -0.1) is 0 Å². The van der Waals surface area contributed by atoms with Crippen LogP contribution < -0.4 is 0 Å². The first kappa shape index (κ1) is 13.0. The van der Waals surface area contributed by atoms with Gasteiger partial charge in [-0.25, -0.2) is 4.39 Å². The van der Waals surface area contributed by atoms with Crippen molar-refractivity contribution in [1.29, 1.82) is 0 Å². The van der Waals surface area contributed by atoms with Crippen LogP contribution in [0.15, 0.2) is 22.7 Å². The van der Waals surface area contributed by atoms with Crippen LogP contribution in [0.5, 0.6) is 0 Å². The molecule has 3 atom stereocenters. The molecule has 0 aliphatic heterocycles. The number of aliphatic hydroxyl groups is 1. The third kappa shape index (κ3) is 3.08. The molecule has 3 heteroatoms. The van der Waals surface area contributed by atoms with Crippen molar-refractivity contribution in [1.82, 2.24) is 0 Å². The molecule has 0 amide bonds. The molecule has 0 heterocycles. The number of rotatable bonds is 2. The molecule has 3 unspecified atom stereocenters. The molecule has 0 bridgehead atoms. The van der Waals surface area contributed by atoms with E-state index in [0.717, 1.165) is 23.7 Å². The summed E-state index contributed by atoms with van der Waals surface area (Å²) in [5.74, 6) is 0.638. The lowest BCUT2D eigenvalue weighted by Crippen LogP contribution is -2.20. The lowest BCUT2D eigenvalue weighted by molar-refractivity contribution is 0.0706. The summed E-state index contributed by atoms with van der Waals surface area (Å²) in [6, 6.07) is 4.51. The van der Waals surface area contributed by atoms with Crippen LogP contribution in [0, 0.1) is 17.7 Å². The fourth-order valence-electron chi connectivity index (χ4n) is 2.76. The largest absolute Gasteiger partial charge is 0.388 e. The standard InChI is InChI=1S/C14H18BrFO/c1-9-3-2-4-10(7-9)14(17)12-8-11(16)5-6-13(12)15/h5-6,8-10,14,17H,2-4,7H2,1H3. The van der Waals surface area contributed by atoms with E-state index in [1.54, 1.807) is 6.07 Å². The van der Waals surface area contributed by atoms with Crippen LogP contribution in [-0.2, 0) is 0 Å². The molecular formula is C14H18BrFO. The molecule has 1 fully saturated rings. The lowest BCUT2D eigenvalue weighted by atomic mass is 9.78. The summed E-state index contributed by atoms with van der Waals surface area (Å²) in [5.41, 5.74) is 0.684. The quantitative estimate of drug-likeness (QED) is 0.855. The molecule has 1 aromatic carbocycles. The van der Waals surface area contributed by atoms with E-state index in [1.807, 2.05) is 0 Å². The Morgan fingerprint density at radius 2 is 2.18 bits per heavy atom. The summed E-state index contributed by atoms with van der Waals surface area (Å²) in [6.45, 7) is 2.22. The summed E-state index contributed by atoms with van der Waals surface area (Å²) in [4.78, 5) is 0. The predicted molar refractivity (Wildman–Crippen MR) is 70.2 cm³/mol. The van der Waals surface area contributed by atoms with Crippen molar-refractivity contribution in [3.63, 3.8) is 0 Å². The van der Waals surface area contributed by atoms with E-state index in [1.165, 1.54) is 18.6 Å². The van der Waals surface area contributed by atoms with Gasteiger partial charge in [0.15, 0.2) is 0 Å². The van der Waals surface area contributed by atoms with Gasteiger partial charge in [-0.2, -0.15) is 0 Å². The Kier molecular flexibility index (Phi) is 4.21. The van der Waals surface area contributed by atoms with Crippen LogP contribution in [-0.4, -0.2) is 5.11 Å². The number of hydrogen-bond acceptors (Lipinski definition) is 1. The van der Waals surface area contributed by atoms with Gasteiger partial charge >= 0.3 is 0 Å². The van der Waals surface area contributed by atoms with Crippen LogP contribution in [0.1, 0.15) is 44.3 Å². The topological polar surface area (TPSA) is 20.2 Å². The molecule has 1 aliphatic carbocycles. The van der Waals surface area contributed by atoms with Crippen LogP contribution in [0.2, 0.25) is 0 Å². The van der Waals surface area contributed by atoms with Crippen LogP contribution in [0.4, 0.5) is 4.39 Å². The SMILES string of the molecule is CC1CCCC(C(O)c2cc(F)ccc2Br)C1. The maximum atomic E-state index is 13.2. The Bertz CT molecular complexity index is 394. The zero-order valence-electron chi connectivity index (χ0n) is 10.00. The Balaban J connectivity index is 2.18. The zero-order valence-corrected chi connectivity index (χ0v) is 11.6. The fourth-order valence-corrected chi connectivity index (χ4v) is 3.24. The number of benzene rings is 1.